The van der Waals surface area contributed by atoms with E-state index in [0.29, 0.717) is 35.9 Å². The van der Waals surface area contributed by atoms with E-state index in [4.69, 9.17) is 15.2 Å². The number of anilines is 2. The minimum Gasteiger partial charge on any atom is -0.454 e. The van der Waals surface area contributed by atoms with Crippen molar-refractivity contribution in [2.45, 2.75) is 6.92 Å². The fourth-order valence-electron chi connectivity index (χ4n) is 4.71. The van der Waals surface area contributed by atoms with E-state index in [1.54, 1.807) is 36.4 Å². The second-order valence-corrected chi connectivity index (χ2v) is 9.22. The summed E-state index contributed by atoms with van der Waals surface area (Å²) in [6.45, 7) is 4.97. The van der Waals surface area contributed by atoms with Crippen LogP contribution in [0.1, 0.15) is 21.6 Å². The van der Waals surface area contributed by atoms with Crippen LogP contribution in [0, 0.1) is 12.7 Å². The average Bonchev–Trinajstić information content (AvgIpc) is 3.53. The molecule has 0 atom stereocenters. The summed E-state index contributed by atoms with van der Waals surface area (Å²) < 4.78 is 26.6. The Balaban J connectivity index is 1.25. The van der Waals surface area contributed by atoms with Crippen molar-refractivity contribution in [3.8, 4) is 17.2 Å². The number of H-pyrrole nitrogens is 1. The van der Waals surface area contributed by atoms with E-state index in [9.17, 15) is 9.18 Å². The maximum atomic E-state index is 14.0. The maximum absolute atomic E-state index is 14.0. The summed E-state index contributed by atoms with van der Waals surface area (Å²) in [5.74, 6) is 0.168. The fraction of sp³-hybridized carbons (Fsp3) is 0.172. The Hall–Kier alpha value is -4.63. The third-order valence-electron chi connectivity index (χ3n) is 6.74. The molecule has 0 saturated carbocycles. The molecule has 3 aromatic carbocycles. The molecule has 0 aliphatic carbocycles. The van der Waals surface area contributed by atoms with Crippen LogP contribution >= 0.6 is 0 Å². The third-order valence-corrected chi connectivity index (χ3v) is 6.74. The van der Waals surface area contributed by atoms with Crippen LogP contribution in [0.15, 0.2) is 72.9 Å². The van der Waals surface area contributed by atoms with Crippen molar-refractivity contribution in [2.24, 2.45) is 0 Å². The van der Waals surface area contributed by atoms with Gasteiger partial charge in [0.15, 0.2) is 11.6 Å². The second-order valence-electron chi connectivity index (χ2n) is 9.22. The van der Waals surface area contributed by atoms with E-state index in [-0.39, 0.29) is 17.4 Å². The van der Waals surface area contributed by atoms with Crippen molar-refractivity contribution in [1.29, 1.82) is 0 Å². The van der Waals surface area contributed by atoms with Crippen molar-refractivity contribution in [2.75, 3.05) is 36.9 Å². The minimum absolute atomic E-state index is 0.140. The number of morpholine rings is 1. The number of hydrogen-bond donors (Lipinski definition) is 2. The number of para-hydroxylation sites is 1. The number of nitrogens with zero attached hydrogens (tertiary/aromatic N) is 3. The topological polar surface area (TPSA) is 98.4 Å². The van der Waals surface area contributed by atoms with Gasteiger partial charge in [-0.05, 0) is 67.1 Å². The van der Waals surface area contributed by atoms with Gasteiger partial charge in [-0.2, -0.15) is 5.10 Å². The monoisotopic (exact) mass is 511 g/mol. The highest BCUT2D eigenvalue weighted by Gasteiger charge is 2.21. The summed E-state index contributed by atoms with van der Waals surface area (Å²) in [6.07, 6.45) is 1.48. The number of halogens is 1. The van der Waals surface area contributed by atoms with Crippen molar-refractivity contribution in [3.05, 3.63) is 95.6 Å². The molecule has 6 rings (SSSR count). The lowest BCUT2D eigenvalue weighted by Gasteiger charge is -2.28. The molecule has 38 heavy (non-hydrogen) atoms. The predicted octanol–water partition coefficient (Wildman–Crippen LogP) is 5.24. The number of aromatic nitrogens is 3. The lowest BCUT2D eigenvalue weighted by molar-refractivity contribution is 0.103. The van der Waals surface area contributed by atoms with Crippen molar-refractivity contribution in [1.82, 2.24) is 14.8 Å². The van der Waals surface area contributed by atoms with Gasteiger partial charge in [-0.1, -0.05) is 12.1 Å². The number of nitrogen functional groups attached to an aromatic ring is 1. The second kappa shape index (κ2) is 9.68. The van der Waals surface area contributed by atoms with Crippen LogP contribution in [0.5, 0.6) is 11.5 Å². The highest BCUT2D eigenvalue weighted by molar-refractivity contribution is 6.12. The molecule has 9 heteroatoms. The number of benzene rings is 3. The number of ether oxygens (including phenoxy) is 2. The van der Waals surface area contributed by atoms with E-state index in [2.05, 4.69) is 21.0 Å². The molecule has 5 aromatic rings. The zero-order chi connectivity index (χ0) is 26.2. The number of carbonyl (C=O) groups excluding carboxylic acids is 1. The maximum Gasteiger partial charge on any atom is 0.214 e. The summed E-state index contributed by atoms with van der Waals surface area (Å²) in [7, 11) is 0. The lowest BCUT2D eigenvalue weighted by Crippen LogP contribution is -2.36. The molecule has 1 fully saturated rings. The molecule has 0 spiro atoms. The van der Waals surface area contributed by atoms with Crippen LogP contribution in [0.3, 0.4) is 0 Å². The molecule has 8 nitrogen and oxygen atoms in total. The average molecular weight is 512 g/mol. The van der Waals surface area contributed by atoms with Crippen molar-refractivity contribution in [3.63, 3.8) is 0 Å². The summed E-state index contributed by atoms with van der Waals surface area (Å²) in [4.78, 5) is 18.9. The third kappa shape index (κ3) is 4.37. The Morgan fingerprint density at radius 2 is 1.89 bits per heavy atom. The molecule has 1 aliphatic heterocycles. The van der Waals surface area contributed by atoms with Crippen LogP contribution < -0.4 is 15.4 Å². The molecule has 3 heterocycles. The number of nitrogens with two attached hydrogens (primary N) is 1. The number of fused-ring (bicyclic) bond motifs is 1. The first-order valence-electron chi connectivity index (χ1n) is 12.3. The molecule has 1 aliphatic rings. The van der Waals surface area contributed by atoms with E-state index in [1.165, 1.54) is 16.9 Å². The quantitative estimate of drug-likeness (QED) is 0.303. The van der Waals surface area contributed by atoms with Crippen LogP contribution in [0.2, 0.25) is 0 Å². The van der Waals surface area contributed by atoms with E-state index in [1.807, 2.05) is 25.1 Å². The largest absolute Gasteiger partial charge is 0.454 e. The number of aryl methyl sites for hydroxylation is 1. The predicted molar refractivity (Wildman–Crippen MR) is 144 cm³/mol. The SMILES string of the molecule is Cc1cc(Oc2ccccc2F)ccc1-n1ncc(C(=O)c2cc3cc(N4CCOCC4)ccc3[nH]2)c1N. The number of rotatable bonds is 6. The Morgan fingerprint density at radius 3 is 2.68 bits per heavy atom. The molecular formula is C29H26FN5O3. The highest BCUT2D eigenvalue weighted by atomic mass is 19.1. The Labute approximate surface area is 218 Å². The standard InChI is InChI=1S/C29H26FN5O3/c1-18-14-21(38-27-5-3-2-4-23(27)30)7-9-26(18)35-29(31)22(17-32-35)28(36)25-16-19-15-20(6-8-24(19)33-25)34-10-12-37-13-11-34/h2-9,14-17,33H,10-13,31H2,1H3. The molecule has 0 bridgehead atoms. The molecule has 1 saturated heterocycles. The van der Waals surface area contributed by atoms with Gasteiger partial charge in [-0.15, -0.1) is 0 Å². The summed E-state index contributed by atoms with van der Waals surface area (Å²) in [5, 5.41) is 5.34. The minimum atomic E-state index is -0.442. The van der Waals surface area contributed by atoms with E-state index < -0.39 is 5.82 Å². The first-order valence-corrected chi connectivity index (χ1v) is 12.3. The van der Waals surface area contributed by atoms with Gasteiger partial charge < -0.3 is 25.1 Å². The van der Waals surface area contributed by atoms with Gasteiger partial charge in [0.05, 0.1) is 36.4 Å². The van der Waals surface area contributed by atoms with Crippen LogP contribution in [0.4, 0.5) is 15.9 Å². The number of ketones is 1. The van der Waals surface area contributed by atoms with Gasteiger partial charge in [0.1, 0.15) is 11.6 Å². The molecule has 0 unspecified atom stereocenters. The zero-order valence-corrected chi connectivity index (χ0v) is 20.8. The van der Waals surface area contributed by atoms with Crippen LogP contribution in [-0.4, -0.2) is 46.9 Å². The Morgan fingerprint density at radius 1 is 1.08 bits per heavy atom. The summed E-state index contributed by atoms with van der Waals surface area (Å²) in [6, 6.07) is 19.4. The molecule has 192 valence electrons. The summed E-state index contributed by atoms with van der Waals surface area (Å²) >= 11 is 0. The van der Waals surface area contributed by atoms with Gasteiger partial charge >= 0.3 is 0 Å². The van der Waals surface area contributed by atoms with Gasteiger partial charge in [-0.3, -0.25) is 4.79 Å². The normalized spacial score (nSPS) is 13.7. The number of hydrogen-bond acceptors (Lipinski definition) is 6. The van der Waals surface area contributed by atoms with E-state index >= 15 is 0 Å². The number of carbonyl (C=O) groups is 1. The van der Waals surface area contributed by atoms with Gasteiger partial charge in [0, 0.05) is 29.7 Å². The smallest absolute Gasteiger partial charge is 0.214 e. The molecule has 0 radical (unpaired) electrons. The van der Waals surface area contributed by atoms with Gasteiger partial charge in [0.25, 0.3) is 0 Å². The highest BCUT2D eigenvalue weighted by Crippen LogP contribution is 2.30. The van der Waals surface area contributed by atoms with Gasteiger partial charge in [0.2, 0.25) is 5.78 Å². The van der Waals surface area contributed by atoms with Crippen LogP contribution in [-0.2, 0) is 4.74 Å². The fourth-order valence-corrected chi connectivity index (χ4v) is 4.71. The Bertz CT molecular complexity index is 1650. The molecule has 2 aromatic heterocycles. The molecule has 0 amide bonds. The molecular weight excluding hydrogens is 485 g/mol. The van der Waals surface area contributed by atoms with Crippen molar-refractivity contribution >= 4 is 28.2 Å². The Kier molecular flexibility index (Phi) is 6.05. The van der Waals surface area contributed by atoms with Crippen molar-refractivity contribution < 1.29 is 18.7 Å². The van der Waals surface area contributed by atoms with E-state index in [0.717, 1.165) is 35.2 Å². The first-order chi connectivity index (χ1) is 18.5. The van der Waals surface area contributed by atoms with Crippen LogP contribution in [0.25, 0.3) is 16.6 Å². The first kappa shape index (κ1) is 23.7. The van der Waals surface area contributed by atoms with Gasteiger partial charge in [-0.25, -0.2) is 9.07 Å². The number of aromatic amines is 1. The zero-order valence-electron chi connectivity index (χ0n) is 20.8. The summed E-state index contributed by atoms with van der Waals surface area (Å²) in [5.41, 5.74) is 10.6. The number of nitrogens with one attached hydrogen (secondary N) is 1. The lowest BCUT2D eigenvalue weighted by atomic mass is 10.1. The molecule has 3 N–H and O–H groups in total.